The number of fused-ring (bicyclic) bond motifs is 1. The van der Waals surface area contributed by atoms with Crippen LogP contribution in [-0.4, -0.2) is 49.7 Å². The van der Waals surface area contributed by atoms with E-state index in [2.05, 4.69) is 10.3 Å². The van der Waals surface area contributed by atoms with Crippen LogP contribution < -0.4 is 10.1 Å². The third-order valence-electron chi connectivity index (χ3n) is 4.25. The summed E-state index contributed by atoms with van der Waals surface area (Å²) in [5.41, 5.74) is -0.732. The Balaban J connectivity index is 1.78. The molecule has 0 radical (unpaired) electrons. The van der Waals surface area contributed by atoms with Gasteiger partial charge in [-0.25, -0.2) is 13.4 Å². The van der Waals surface area contributed by atoms with E-state index in [0.717, 1.165) is 17.8 Å². The number of aromatic nitrogens is 1. The molecule has 1 amide bonds. The number of pyridine rings is 1. The summed E-state index contributed by atoms with van der Waals surface area (Å²) in [5.74, 6) is -0.344. The van der Waals surface area contributed by atoms with Gasteiger partial charge in [-0.3, -0.25) is 4.79 Å². The van der Waals surface area contributed by atoms with Gasteiger partial charge in [-0.2, -0.15) is 13.2 Å². The number of halogens is 3. The molecule has 6 nitrogen and oxygen atoms in total. The Morgan fingerprint density at radius 1 is 1.36 bits per heavy atom. The predicted octanol–water partition coefficient (Wildman–Crippen LogP) is 2.66. The van der Waals surface area contributed by atoms with E-state index in [9.17, 15) is 26.4 Å². The van der Waals surface area contributed by atoms with E-state index in [4.69, 9.17) is 4.74 Å². The number of rotatable bonds is 5. The molecule has 0 saturated carbocycles. The SMILES string of the molecule is COc1ccc2c(C(F)(F)F)cc(SCC(=O)N[C@H]3CCS(=O)(=O)C3)nc2c1. The number of hydrogen-bond donors (Lipinski definition) is 1. The highest BCUT2D eigenvalue weighted by Crippen LogP contribution is 2.37. The average Bonchev–Trinajstić information content (AvgIpc) is 2.96. The maximum Gasteiger partial charge on any atom is 0.417 e. The third kappa shape index (κ3) is 4.88. The van der Waals surface area contributed by atoms with Crippen LogP contribution in [-0.2, 0) is 20.8 Å². The van der Waals surface area contributed by atoms with Crippen molar-refractivity contribution in [3.05, 3.63) is 29.8 Å². The van der Waals surface area contributed by atoms with Crippen LogP contribution in [0.25, 0.3) is 10.9 Å². The van der Waals surface area contributed by atoms with E-state index in [0.29, 0.717) is 12.2 Å². The fraction of sp³-hybridized carbons (Fsp3) is 0.412. The highest BCUT2D eigenvalue weighted by atomic mass is 32.2. The second kappa shape index (κ2) is 7.78. The zero-order chi connectivity index (χ0) is 20.5. The van der Waals surface area contributed by atoms with Gasteiger partial charge in [-0.1, -0.05) is 11.8 Å². The first-order valence-electron chi connectivity index (χ1n) is 8.26. The Morgan fingerprint density at radius 2 is 2.11 bits per heavy atom. The quantitative estimate of drug-likeness (QED) is 0.729. The summed E-state index contributed by atoms with van der Waals surface area (Å²) in [6.07, 6.45) is -4.24. The van der Waals surface area contributed by atoms with Crippen molar-refractivity contribution in [2.75, 3.05) is 24.4 Å². The lowest BCUT2D eigenvalue weighted by Gasteiger charge is -2.14. The molecule has 3 rings (SSSR count). The molecule has 0 bridgehead atoms. The summed E-state index contributed by atoms with van der Waals surface area (Å²) in [6, 6.07) is 4.57. The molecule has 0 spiro atoms. The Kier molecular flexibility index (Phi) is 5.76. The standard InChI is InChI=1S/C17H17F3N2O4S2/c1-26-11-2-3-12-13(17(18,19)20)7-16(22-14(12)6-11)27-8-15(23)21-10-4-5-28(24,25)9-10/h2-3,6-7,10H,4-5,8-9H2,1H3,(H,21,23)/t10-/m0/s1. The molecule has 1 atom stereocenters. The lowest BCUT2D eigenvalue weighted by atomic mass is 10.1. The first-order chi connectivity index (χ1) is 13.1. The van der Waals surface area contributed by atoms with Crippen LogP contribution in [0.3, 0.4) is 0 Å². The smallest absolute Gasteiger partial charge is 0.417 e. The Morgan fingerprint density at radius 3 is 2.71 bits per heavy atom. The van der Waals surface area contributed by atoms with Crippen molar-refractivity contribution in [3.63, 3.8) is 0 Å². The second-order valence-electron chi connectivity index (χ2n) is 6.35. The number of carbonyl (C=O) groups is 1. The maximum atomic E-state index is 13.4. The maximum absolute atomic E-state index is 13.4. The molecule has 1 aliphatic rings. The average molecular weight is 434 g/mol. The summed E-state index contributed by atoms with van der Waals surface area (Å²) < 4.78 is 68.1. The van der Waals surface area contributed by atoms with E-state index in [1.165, 1.54) is 25.3 Å². The van der Waals surface area contributed by atoms with Crippen LogP contribution in [0.2, 0.25) is 0 Å². The van der Waals surface area contributed by atoms with E-state index >= 15 is 0 Å². The van der Waals surface area contributed by atoms with Crippen molar-refractivity contribution in [2.45, 2.75) is 23.7 Å². The molecule has 1 aromatic carbocycles. The largest absolute Gasteiger partial charge is 0.497 e. The molecule has 2 heterocycles. The Bertz CT molecular complexity index is 1010. The van der Waals surface area contributed by atoms with Crippen LogP contribution in [0.4, 0.5) is 13.2 Å². The van der Waals surface area contributed by atoms with E-state index in [-0.39, 0.29) is 33.2 Å². The molecule has 0 aliphatic carbocycles. The number of carbonyl (C=O) groups excluding carboxylic acids is 1. The van der Waals surface area contributed by atoms with Gasteiger partial charge < -0.3 is 10.1 Å². The molecule has 152 valence electrons. The van der Waals surface area contributed by atoms with Gasteiger partial charge in [0.1, 0.15) is 5.75 Å². The summed E-state index contributed by atoms with van der Waals surface area (Å²) in [7, 11) is -1.73. The number of alkyl halides is 3. The Labute approximate surface area is 163 Å². The number of sulfone groups is 1. The zero-order valence-electron chi connectivity index (χ0n) is 14.7. The molecule has 1 saturated heterocycles. The minimum absolute atomic E-state index is 0.0219. The monoisotopic (exact) mass is 434 g/mol. The third-order valence-corrected chi connectivity index (χ3v) is 6.93. The first-order valence-corrected chi connectivity index (χ1v) is 11.1. The van der Waals surface area contributed by atoms with Crippen LogP contribution in [0, 0.1) is 0 Å². The zero-order valence-corrected chi connectivity index (χ0v) is 16.4. The number of nitrogens with one attached hydrogen (secondary N) is 1. The number of benzene rings is 1. The number of nitrogens with zero attached hydrogens (tertiary/aromatic N) is 1. The molecule has 1 N–H and O–H groups in total. The van der Waals surface area contributed by atoms with E-state index < -0.39 is 33.5 Å². The van der Waals surface area contributed by atoms with Gasteiger partial charge in [0.2, 0.25) is 5.91 Å². The minimum atomic E-state index is -4.58. The van der Waals surface area contributed by atoms with Crippen LogP contribution in [0.15, 0.2) is 29.3 Å². The van der Waals surface area contributed by atoms with Crippen molar-refractivity contribution in [1.82, 2.24) is 10.3 Å². The van der Waals surface area contributed by atoms with Gasteiger partial charge >= 0.3 is 6.18 Å². The van der Waals surface area contributed by atoms with E-state index in [1.54, 1.807) is 0 Å². The topological polar surface area (TPSA) is 85.4 Å². The number of ether oxygens (including phenoxy) is 1. The number of methoxy groups -OCH3 is 1. The Hall–Kier alpha value is -2.01. The predicted molar refractivity (Wildman–Crippen MR) is 99.2 cm³/mol. The highest BCUT2D eigenvalue weighted by Gasteiger charge is 2.34. The molecule has 2 aromatic rings. The molecule has 1 aromatic heterocycles. The van der Waals surface area contributed by atoms with Crippen LogP contribution in [0.1, 0.15) is 12.0 Å². The molecule has 1 fully saturated rings. The van der Waals surface area contributed by atoms with Crippen LogP contribution in [0.5, 0.6) is 5.75 Å². The van der Waals surface area contributed by atoms with Gasteiger partial charge in [0, 0.05) is 17.5 Å². The van der Waals surface area contributed by atoms with Crippen molar-refractivity contribution < 1.29 is 31.1 Å². The van der Waals surface area contributed by atoms with Crippen molar-refractivity contribution in [3.8, 4) is 5.75 Å². The van der Waals surface area contributed by atoms with Gasteiger partial charge in [-0.15, -0.1) is 0 Å². The molecule has 28 heavy (non-hydrogen) atoms. The van der Waals surface area contributed by atoms with Crippen molar-refractivity contribution >= 4 is 38.4 Å². The van der Waals surface area contributed by atoms with Gasteiger partial charge in [0.15, 0.2) is 9.84 Å². The highest BCUT2D eigenvalue weighted by molar-refractivity contribution is 7.99. The summed E-state index contributed by atoms with van der Waals surface area (Å²) in [6.45, 7) is 0. The molecular formula is C17H17F3N2O4S2. The minimum Gasteiger partial charge on any atom is -0.497 e. The second-order valence-corrected chi connectivity index (χ2v) is 9.57. The fourth-order valence-corrected chi connectivity index (χ4v) is 5.34. The number of hydrogen-bond acceptors (Lipinski definition) is 6. The number of thioether (sulfide) groups is 1. The lowest BCUT2D eigenvalue weighted by Crippen LogP contribution is -2.36. The van der Waals surface area contributed by atoms with Crippen molar-refractivity contribution in [2.24, 2.45) is 0 Å². The van der Waals surface area contributed by atoms with Gasteiger partial charge in [0.25, 0.3) is 0 Å². The molecular weight excluding hydrogens is 417 g/mol. The van der Waals surface area contributed by atoms with E-state index in [1.807, 2.05) is 0 Å². The lowest BCUT2D eigenvalue weighted by molar-refractivity contribution is -0.136. The van der Waals surface area contributed by atoms with Gasteiger partial charge in [0.05, 0.1) is 40.5 Å². The normalized spacial score (nSPS) is 18.9. The summed E-state index contributed by atoms with van der Waals surface area (Å²) >= 11 is 0.857. The fourth-order valence-electron chi connectivity index (χ4n) is 2.94. The number of amides is 1. The summed E-state index contributed by atoms with van der Waals surface area (Å²) in [5, 5.41) is 2.58. The van der Waals surface area contributed by atoms with Crippen molar-refractivity contribution in [1.29, 1.82) is 0 Å². The molecule has 11 heteroatoms. The molecule has 1 aliphatic heterocycles. The van der Waals surface area contributed by atoms with Gasteiger partial charge in [-0.05, 0) is 24.6 Å². The first kappa shape index (κ1) is 20.7. The molecule has 0 unspecified atom stereocenters. The van der Waals surface area contributed by atoms with Crippen LogP contribution >= 0.6 is 11.8 Å². The summed E-state index contributed by atoms with van der Waals surface area (Å²) in [4.78, 5) is 16.2.